The molecule has 0 saturated carbocycles. The van der Waals surface area contributed by atoms with Gasteiger partial charge in [0.25, 0.3) is 0 Å². The number of hydrogen-bond donors (Lipinski definition) is 0. The molecule has 2 unspecified atom stereocenters. The maximum absolute atomic E-state index is 12.3. The van der Waals surface area contributed by atoms with Gasteiger partial charge in [-0.15, -0.1) is 0 Å². The summed E-state index contributed by atoms with van der Waals surface area (Å²) in [5.41, 5.74) is 0.297. The van der Waals surface area contributed by atoms with Crippen LogP contribution in [0.15, 0.2) is 18.2 Å². The Morgan fingerprint density at radius 2 is 1.25 bits per heavy atom. The molecule has 0 aliphatic heterocycles. The van der Waals surface area contributed by atoms with Gasteiger partial charge in [-0.2, -0.15) is 0 Å². The molecule has 0 aliphatic rings. The number of carbonyl (C=O) groups is 3. The standard InChI is InChI=1S/C23H34O5/c1-5-7-9-11-17(3)22(25)27-20-13-19(16-24)14-21(15-20)28-23(26)18(4)12-10-8-6-2/h13-18H,5-12H2,1-4H3. The SMILES string of the molecule is CCCCCC(C)C(=O)Oc1cc(C=O)cc(OC(=O)C(C)CCCCC)c1. The van der Waals surface area contributed by atoms with Crippen LogP contribution in [0.1, 0.15) is 89.4 Å². The number of benzene rings is 1. The molecular formula is C23H34O5. The predicted molar refractivity (Wildman–Crippen MR) is 110 cm³/mol. The van der Waals surface area contributed by atoms with Crippen LogP contribution in [0.3, 0.4) is 0 Å². The van der Waals surface area contributed by atoms with Crippen LogP contribution >= 0.6 is 0 Å². The molecule has 0 saturated heterocycles. The van der Waals surface area contributed by atoms with Gasteiger partial charge in [-0.05, 0) is 25.0 Å². The van der Waals surface area contributed by atoms with E-state index in [1.165, 1.54) is 18.2 Å². The van der Waals surface area contributed by atoms with Gasteiger partial charge in [-0.3, -0.25) is 14.4 Å². The quantitative estimate of drug-likeness (QED) is 0.186. The Morgan fingerprint density at radius 1 is 0.821 bits per heavy atom. The van der Waals surface area contributed by atoms with Crippen LogP contribution in [-0.2, 0) is 9.59 Å². The Balaban J connectivity index is 2.75. The summed E-state index contributed by atoms with van der Waals surface area (Å²) >= 11 is 0. The lowest BCUT2D eigenvalue weighted by molar-refractivity contribution is -0.139. The van der Waals surface area contributed by atoms with Crippen LogP contribution in [0.25, 0.3) is 0 Å². The van der Waals surface area contributed by atoms with Crippen molar-refractivity contribution in [1.82, 2.24) is 0 Å². The molecule has 1 aromatic rings. The molecule has 5 heteroatoms. The maximum atomic E-state index is 12.3. The summed E-state index contributed by atoms with van der Waals surface area (Å²) in [6, 6.07) is 4.44. The molecular weight excluding hydrogens is 356 g/mol. The van der Waals surface area contributed by atoms with E-state index in [1.54, 1.807) is 0 Å². The van der Waals surface area contributed by atoms with E-state index in [0.29, 0.717) is 11.8 Å². The van der Waals surface area contributed by atoms with E-state index in [2.05, 4.69) is 13.8 Å². The van der Waals surface area contributed by atoms with Crippen LogP contribution in [0.4, 0.5) is 0 Å². The molecule has 156 valence electrons. The minimum atomic E-state index is -0.343. The second-order valence-electron chi connectivity index (χ2n) is 7.49. The molecule has 28 heavy (non-hydrogen) atoms. The van der Waals surface area contributed by atoms with Crippen molar-refractivity contribution in [3.63, 3.8) is 0 Å². The van der Waals surface area contributed by atoms with Gasteiger partial charge in [-0.25, -0.2) is 0 Å². The smallest absolute Gasteiger partial charge is 0.314 e. The van der Waals surface area contributed by atoms with Crippen molar-refractivity contribution < 1.29 is 23.9 Å². The van der Waals surface area contributed by atoms with Gasteiger partial charge in [0, 0.05) is 11.6 Å². The van der Waals surface area contributed by atoms with E-state index in [-0.39, 0.29) is 35.3 Å². The van der Waals surface area contributed by atoms with Crippen LogP contribution in [-0.4, -0.2) is 18.2 Å². The summed E-state index contributed by atoms with van der Waals surface area (Å²) in [6.07, 6.45) is 8.45. The number of rotatable bonds is 13. The predicted octanol–water partition coefficient (Wildman–Crippen LogP) is 5.74. The van der Waals surface area contributed by atoms with Gasteiger partial charge in [0.15, 0.2) is 0 Å². The molecule has 0 heterocycles. The van der Waals surface area contributed by atoms with Gasteiger partial charge < -0.3 is 9.47 Å². The number of unbranched alkanes of at least 4 members (excludes halogenated alkanes) is 4. The highest BCUT2D eigenvalue weighted by Gasteiger charge is 2.18. The minimum Gasteiger partial charge on any atom is -0.426 e. The Kier molecular flexibility index (Phi) is 11.2. The molecule has 0 N–H and O–H groups in total. The molecule has 0 spiro atoms. The highest BCUT2D eigenvalue weighted by molar-refractivity contribution is 5.80. The van der Waals surface area contributed by atoms with Gasteiger partial charge in [0.2, 0.25) is 0 Å². The number of ether oxygens (including phenoxy) is 2. The first-order chi connectivity index (χ1) is 13.4. The van der Waals surface area contributed by atoms with E-state index in [0.717, 1.165) is 51.4 Å². The average molecular weight is 391 g/mol. The first-order valence-corrected chi connectivity index (χ1v) is 10.4. The molecule has 0 amide bonds. The third kappa shape index (κ3) is 8.68. The second kappa shape index (κ2) is 13.1. The highest BCUT2D eigenvalue weighted by atomic mass is 16.5. The lowest BCUT2D eigenvalue weighted by Crippen LogP contribution is -2.19. The topological polar surface area (TPSA) is 69.7 Å². The van der Waals surface area contributed by atoms with Crippen molar-refractivity contribution in [2.45, 2.75) is 79.1 Å². The molecule has 2 atom stereocenters. The summed E-state index contributed by atoms with van der Waals surface area (Å²) in [5, 5.41) is 0. The first-order valence-electron chi connectivity index (χ1n) is 10.4. The number of esters is 2. The van der Waals surface area contributed by atoms with Crippen molar-refractivity contribution in [3.05, 3.63) is 23.8 Å². The number of hydrogen-bond acceptors (Lipinski definition) is 5. The van der Waals surface area contributed by atoms with E-state index in [9.17, 15) is 14.4 Å². The Morgan fingerprint density at radius 3 is 1.61 bits per heavy atom. The molecule has 0 radical (unpaired) electrons. The molecule has 0 bridgehead atoms. The Bertz CT molecular complexity index is 590. The van der Waals surface area contributed by atoms with Gasteiger partial charge in [-0.1, -0.05) is 66.2 Å². The first kappa shape index (κ1) is 23.9. The van der Waals surface area contributed by atoms with Gasteiger partial charge in [0.05, 0.1) is 11.8 Å². The lowest BCUT2D eigenvalue weighted by atomic mass is 10.0. The summed E-state index contributed by atoms with van der Waals surface area (Å²) in [4.78, 5) is 35.8. The van der Waals surface area contributed by atoms with Crippen LogP contribution in [0.5, 0.6) is 11.5 Å². The van der Waals surface area contributed by atoms with Gasteiger partial charge in [0.1, 0.15) is 17.8 Å². The largest absolute Gasteiger partial charge is 0.426 e. The zero-order chi connectivity index (χ0) is 20.9. The highest BCUT2D eigenvalue weighted by Crippen LogP contribution is 2.25. The lowest BCUT2D eigenvalue weighted by Gasteiger charge is -2.14. The van der Waals surface area contributed by atoms with E-state index < -0.39 is 0 Å². The fraction of sp³-hybridized carbons (Fsp3) is 0.609. The van der Waals surface area contributed by atoms with Crippen LogP contribution < -0.4 is 9.47 Å². The number of aldehydes is 1. The summed E-state index contributed by atoms with van der Waals surface area (Å²) in [7, 11) is 0. The van der Waals surface area contributed by atoms with Crippen molar-refractivity contribution in [2.24, 2.45) is 11.8 Å². The third-order valence-corrected chi connectivity index (χ3v) is 4.76. The molecule has 1 aromatic carbocycles. The zero-order valence-corrected chi connectivity index (χ0v) is 17.7. The monoisotopic (exact) mass is 390 g/mol. The second-order valence-corrected chi connectivity index (χ2v) is 7.49. The van der Waals surface area contributed by atoms with Crippen molar-refractivity contribution in [1.29, 1.82) is 0 Å². The molecule has 1 rings (SSSR count). The molecule has 0 fully saturated rings. The van der Waals surface area contributed by atoms with Crippen LogP contribution in [0, 0.1) is 11.8 Å². The van der Waals surface area contributed by atoms with Gasteiger partial charge >= 0.3 is 11.9 Å². The average Bonchev–Trinajstić information content (AvgIpc) is 2.67. The Labute approximate surface area is 168 Å². The minimum absolute atomic E-state index is 0.221. The molecule has 0 aromatic heterocycles. The van der Waals surface area contributed by atoms with E-state index >= 15 is 0 Å². The summed E-state index contributed by atoms with van der Waals surface area (Å²) < 4.78 is 10.8. The fourth-order valence-corrected chi connectivity index (χ4v) is 2.85. The summed E-state index contributed by atoms with van der Waals surface area (Å²) in [6.45, 7) is 7.89. The van der Waals surface area contributed by atoms with E-state index in [1.807, 2.05) is 13.8 Å². The summed E-state index contributed by atoms with van der Waals surface area (Å²) in [5.74, 6) is -0.697. The van der Waals surface area contributed by atoms with Crippen molar-refractivity contribution in [3.8, 4) is 11.5 Å². The maximum Gasteiger partial charge on any atom is 0.314 e. The number of carbonyl (C=O) groups excluding carboxylic acids is 3. The van der Waals surface area contributed by atoms with Crippen molar-refractivity contribution >= 4 is 18.2 Å². The normalized spacial score (nSPS) is 12.9. The molecule has 5 nitrogen and oxygen atoms in total. The Hall–Kier alpha value is -2.17. The third-order valence-electron chi connectivity index (χ3n) is 4.76. The zero-order valence-electron chi connectivity index (χ0n) is 17.7. The van der Waals surface area contributed by atoms with E-state index in [4.69, 9.17) is 9.47 Å². The fourth-order valence-electron chi connectivity index (χ4n) is 2.85. The van der Waals surface area contributed by atoms with Crippen molar-refractivity contribution in [2.75, 3.05) is 0 Å². The van der Waals surface area contributed by atoms with Crippen LogP contribution in [0.2, 0.25) is 0 Å². The molecule has 0 aliphatic carbocycles.